The highest BCUT2D eigenvalue weighted by molar-refractivity contribution is 7.47. The lowest BCUT2D eigenvalue weighted by Crippen LogP contribution is -2.45. The fraction of sp³-hybridized carbons (Fsp3) is 0.761. The predicted octanol–water partition coefficient (Wildman–Crippen LogP) is 12.7. The van der Waals surface area contributed by atoms with Crippen LogP contribution >= 0.6 is 7.82 Å². The van der Waals surface area contributed by atoms with E-state index in [1.807, 2.05) is 6.08 Å². The van der Waals surface area contributed by atoms with Crippen LogP contribution in [0.4, 0.5) is 0 Å². The van der Waals surface area contributed by atoms with Gasteiger partial charge in [0.1, 0.15) is 0 Å². The van der Waals surface area contributed by atoms with Gasteiger partial charge in [-0.2, -0.15) is 0 Å². The standard InChI is InChI=1S/C46H85N2O6P/c1-3-5-7-9-11-13-15-17-19-21-22-24-25-27-29-31-33-35-37-39-45(49)44(43-54-55(51,52)53-42-41-47)48-46(50)40-38-36-34-32-30-28-26-23-20-18-16-14-12-10-8-6-4-2/h12,14,18,20,22,24,29,31,37,39,44-45,49H,3-11,13,15-17,19,21,23,25-28,30,32-36,38,40-43,47H2,1-2H3,(H,48,50)(H,51,52)/b14-12-,20-18-,24-22+,31-29+,39-37+. The number of rotatable bonds is 41. The van der Waals surface area contributed by atoms with Crippen LogP contribution in [-0.4, -0.2) is 47.8 Å². The van der Waals surface area contributed by atoms with Crippen molar-refractivity contribution in [1.82, 2.24) is 5.32 Å². The van der Waals surface area contributed by atoms with Crippen LogP contribution in [-0.2, 0) is 18.4 Å². The van der Waals surface area contributed by atoms with Gasteiger partial charge in [-0.3, -0.25) is 13.8 Å². The van der Waals surface area contributed by atoms with Gasteiger partial charge < -0.3 is 21.1 Å². The highest BCUT2D eigenvalue weighted by Gasteiger charge is 2.26. The van der Waals surface area contributed by atoms with Crippen molar-refractivity contribution < 1.29 is 28.4 Å². The van der Waals surface area contributed by atoms with E-state index in [-0.39, 0.29) is 25.7 Å². The van der Waals surface area contributed by atoms with Crippen LogP contribution in [0.3, 0.4) is 0 Å². The average Bonchev–Trinajstić information content (AvgIpc) is 3.17. The van der Waals surface area contributed by atoms with Crippen LogP contribution in [0.1, 0.15) is 194 Å². The molecule has 0 aliphatic carbocycles. The second-order valence-electron chi connectivity index (χ2n) is 14.9. The number of hydrogen-bond acceptors (Lipinski definition) is 6. The summed E-state index contributed by atoms with van der Waals surface area (Å²) in [5.74, 6) is -0.218. The molecule has 1 amide bonds. The van der Waals surface area contributed by atoms with Crippen LogP contribution in [0.2, 0.25) is 0 Å². The minimum Gasteiger partial charge on any atom is -0.387 e. The number of amides is 1. The summed E-state index contributed by atoms with van der Waals surface area (Å²) >= 11 is 0. The van der Waals surface area contributed by atoms with Crippen molar-refractivity contribution >= 4 is 13.7 Å². The van der Waals surface area contributed by atoms with Gasteiger partial charge in [0.15, 0.2) is 0 Å². The molecule has 0 bridgehead atoms. The molecule has 8 nitrogen and oxygen atoms in total. The van der Waals surface area contributed by atoms with E-state index in [2.05, 4.69) is 67.8 Å². The second-order valence-corrected chi connectivity index (χ2v) is 16.3. The quantitative estimate of drug-likeness (QED) is 0.0275. The predicted molar refractivity (Wildman–Crippen MR) is 235 cm³/mol. The molecule has 3 atom stereocenters. The van der Waals surface area contributed by atoms with Crippen LogP contribution < -0.4 is 11.1 Å². The third-order valence-electron chi connectivity index (χ3n) is 9.54. The molecule has 0 aromatic carbocycles. The fourth-order valence-electron chi connectivity index (χ4n) is 6.13. The van der Waals surface area contributed by atoms with Crippen molar-refractivity contribution in [1.29, 1.82) is 0 Å². The maximum absolute atomic E-state index is 12.8. The van der Waals surface area contributed by atoms with Crippen LogP contribution in [0.15, 0.2) is 60.8 Å². The number of phosphoric acid groups is 1. The SMILES string of the molecule is CCCCC/C=C\C/C=C\CCCCCCCCCC(=O)NC(COP(=O)(O)OCCN)C(O)/C=C/CC/C=C/CC/C=C/CCCCCCCCCCC. The Balaban J connectivity index is 4.31. The fourth-order valence-corrected chi connectivity index (χ4v) is 6.89. The first kappa shape index (κ1) is 53.2. The summed E-state index contributed by atoms with van der Waals surface area (Å²) in [6, 6.07) is -0.889. The van der Waals surface area contributed by atoms with Crippen molar-refractivity contribution in [3.8, 4) is 0 Å². The summed E-state index contributed by atoms with van der Waals surface area (Å²) in [6.07, 6.45) is 52.7. The molecule has 320 valence electrons. The van der Waals surface area contributed by atoms with Gasteiger partial charge in [0.2, 0.25) is 5.91 Å². The molecule has 5 N–H and O–H groups in total. The number of hydrogen-bond donors (Lipinski definition) is 4. The lowest BCUT2D eigenvalue weighted by atomic mass is 10.1. The van der Waals surface area contributed by atoms with Gasteiger partial charge in [0, 0.05) is 13.0 Å². The Hall–Kier alpha value is -1.80. The molecule has 3 unspecified atom stereocenters. The smallest absolute Gasteiger partial charge is 0.387 e. The third-order valence-corrected chi connectivity index (χ3v) is 10.5. The molecule has 0 spiro atoms. The molecule has 0 aromatic heterocycles. The first-order valence-electron chi connectivity index (χ1n) is 22.4. The summed E-state index contributed by atoms with van der Waals surface area (Å²) in [5, 5.41) is 13.7. The van der Waals surface area contributed by atoms with Crippen molar-refractivity contribution in [2.24, 2.45) is 5.73 Å². The molecule has 0 saturated heterocycles. The monoisotopic (exact) mass is 793 g/mol. The van der Waals surface area contributed by atoms with E-state index in [4.69, 9.17) is 14.8 Å². The summed E-state index contributed by atoms with van der Waals surface area (Å²) in [6.45, 7) is 4.07. The second kappa shape index (κ2) is 41.8. The first-order chi connectivity index (χ1) is 26.9. The number of aliphatic hydroxyl groups is 1. The number of allylic oxidation sites excluding steroid dienone is 9. The number of unbranched alkanes of at least 4 members (excludes halogenated alkanes) is 21. The zero-order chi connectivity index (χ0) is 40.3. The van der Waals surface area contributed by atoms with Crippen LogP contribution in [0, 0.1) is 0 Å². The van der Waals surface area contributed by atoms with Gasteiger partial charge in [0.25, 0.3) is 0 Å². The van der Waals surface area contributed by atoms with Crippen LogP contribution in [0.25, 0.3) is 0 Å². The zero-order valence-corrected chi connectivity index (χ0v) is 36.3. The summed E-state index contributed by atoms with van der Waals surface area (Å²) in [5.41, 5.74) is 5.37. The lowest BCUT2D eigenvalue weighted by Gasteiger charge is -2.23. The van der Waals surface area contributed by atoms with Crippen LogP contribution in [0.5, 0.6) is 0 Å². The molecule has 0 aliphatic heterocycles. The minimum absolute atomic E-state index is 0.0681. The van der Waals surface area contributed by atoms with Gasteiger partial charge in [-0.1, -0.05) is 171 Å². The number of nitrogens with two attached hydrogens (primary N) is 1. The Morgan fingerprint density at radius 2 is 1.02 bits per heavy atom. The first-order valence-corrected chi connectivity index (χ1v) is 23.9. The average molecular weight is 793 g/mol. The third kappa shape index (κ3) is 40.2. The van der Waals surface area contributed by atoms with Crippen molar-refractivity contribution in [2.75, 3.05) is 19.8 Å². The maximum Gasteiger partial charge on any atom is 0.472 e. The van der Waals surface area contributed by atoms with Gasteiger partial charge in [-0.05, 0) is 77.0 Å². The highest BCUT2D eigenvalue weighted by atomic mass is 31.2. The van der Waals surface area contributed by atoms with E-state index in [1.165, 1.54) is 109 Å². The topological polar surface area (TPSA) is 131 Å². The molecular formula is C46H85N2O6P. The van der Waals surface area contributed by atoms with Crippen molar-refractivity contribution in [2.45, 2.75) is 206 Å². The molecule has 0 fully saturated rings. The van der Waals surface area contributed by atoms with E-state index in [0.29, 0.717) is 6.42 Å². The Kier molecular flexibility index (Phi) is 40.5. The normalized spacial score (nSPS) is 14.6. The maximum atomic E-state index is 12.8. The Morgan fingerprint density at radius 1 is 0.600 bits per heavy atom. The number of carbonyl (C=O) groups is 1. The Labute approximate surface area is 338 Å². The molecule has 0 heterocycles. The summed E-state index contributed by atoms with van der Waals surface area (Å²) < 4.78 is 22.1. The highest BCUT2D eigenvalue weighted by Crippen LogP contribution is 2.43. The number of carbonyl (C=O) groups excluding carboxylic acids is 1. The molecule has 0 aliphatic rings. The molecule has 0 aromatic rings. The number of phosphoric ester groups is 1. The molecule has 9 heteroatoms. The van der Waals surface area contributed by atoms with E-state index in [1.54, 1.807) is 6.08 Å². The number of nitrogens with one attached hydrogen (secondary N) is 1. The van der Waals surface area contributed by atoms with Crippen molar-refractivity contribution in [3.05, 3.63) is 60.8 Å². The lowest BCUT2D eigenvalue weighted by molar-refractivity contribution is -0.123. The van der Waals surface area contributed by atoms with E-state index < -0.39 is 20.0 Å². The van der Waals surface area contributed by atoms with Gasteiger partial charge in [0.05, 0.1) is 25.4 Å². The molecule has 0 radical (unpaired) electrons. The Bertz CT molecular complexity index is 1040. The summed E-state index contributed by atoms with van der Waals surface area (Å²) in [4.78, 5) is 22.7. The molecule has 55 heavy (non-hydrogen) atoms. The van der Waals surface area contributed by atoms with Gasteiger partial charge in [-0.15, -0.1) is 0 Å². The molecular weight excluding hydrogens is 707 g/mol. The van der Waals surface area contributed by atoms with Gasteiger partial charge >= 0.3 is 7.82 Å². The molecule has 0 rings (SSSR count). The minimum atomic E-state index is -4.36. The Morgan fingerprint density at radius 3 is 1.55 bits per heavy atom. The summed E-state index contributed by atoms with van der Waals surface area (Å²) in [7, 11) is -4.36. The molecule has 0 saturated carbocycles. The van der Waals surface area contributed by atoms with Gasteiger partial charge in [-0.25, -0.2) is 4.57 Å². The number of aliphatic hydroxyl groups excluding tert-OH is 1. The van der Waals surface area contributed by atoms with Crippen molar-refractivity contribution in [3.63, 3.8) is 0 Å². The van der Waals surface area contributed by atoms with E-state index in [0.717, 1.165) is 64.2 Å². The largest absolute Gasteiger partial charge is 0.472 e. The zero-order valence-electron chi connectivity index (χ0n) is 35.4. The van der Waals surface area contributed by atoms with E-state index >= 15 is 0 Å². The van der Waals surface area contributed by atoms with E-state index in [9.17, 15) is 19.4 Å².